The van der Waals surface area contributed by atoms with E-state index in [9.17, 15) is 5.26 Å². The lowest BCUT2D eigenvalue weighted by Crippen LogP contribution is -2.35. The molecule has 2 fully saturated rings. The van der Waals surface area contributed by atoms with E-state index in [2.05, 4.69) is 38.8 Å². The Bertz CT molecular complexity index is 997. The van der Waals surface area contributed by atoms with Crippen molar-refractivity contribution in [3.63, 3.8) is 0 Å². The van der Waals surface area contributed by atoms with Gasteiger partial charge in [0.1, 0.15) is 0 Å². The standard InChI is InChI=1S/C27H36ClN5O2/c1-34-11-8-31-22-4-2-20(3-5-22)12-23-14-25(26(28)17-32-23)21-13-24(16-30-15-21)33-19-27(18-29)6-9-35-10-7-27/h13-17,20,22,31,33H,2-12,19H2,1H3. The average Bonchev–Trinajstić information content (AvgIpc) is 2.90. The third-order valence-corrected chi connectivity index (χ3v) is 7.66. The minimum absolute atomic E-state index is 0.395. The smallest absolute Gasteiger partial charge is 0.0789 e. The van der Waals surface area contributed by atoms with Gasteiger partial charge in [0.05, 0.1) is 28.8 Å². The molecule has 3 heterocycles. The van der Waals surface area contributed by atoms with Crippen LogP contribution in [-0.2, 0) is 15.9 Å². The molecule has 1 saturated carbocycles. The van der Waals surface area contributed by atoms with Crippen molar-refractivity contribution in [2.45, 2.75) is 51.0 Å². The van der Waals surface area contributed by atoms with Crippen molar-refractivity contribution in [1.82, 2.24) is 15.3 Å². The summed E-state index contributed by atoms with van der Waals surface area (Å²) in [5, 5.41) is 17.4. The fourth-order valence-corrected chi connectivity index (χ4v) is 5.30. The van der Waals surface area contributed by atoms with E-state index in [1.807, 2.05) is 6.20 Å². The van der Waals surface area contributed by atoms with Crippen LogP contribution in [-0.4, -0.2) is 56.0 Å². The lowest BCUT2D eigenvalue weighted by molar-refractivity contribution is 0.0456. The number of methoxy groups -OCH3 is 1. The van der Waals surface area contributed by atoms with Crippen molar-refractivity contribution in [3.05, 3.63) is 41.4 Å². The third kappa shape index (κ3) is 7.14. The van der Waals surface area contributed by atoms with E-state index in [-0.39, 0.29) is 0 Å². The Morgan fingerprint density at radius 2 is 1.97 bits per heavy atom. The van der Waals surface area contributed by atoms with E-state index in [0.29, 0.717) is 36.7 Å². The van der Waals surface area contributed by atoms with Crippen LogP contribution in [0, 0.1) is 22.7 Å². The van der Waals surface area contributed by atoms with Crippen LogP contribution < -0.4 is 10.6 Å². The van der Waals surface area contributed by atoms with Crippen molar-refractivity contribution >= 4 is 17.3 Å². The van der Waals surface area contributed by atoms with Crippen LogP contribution >= 0.6 is 11.6 Å². The maximum absolute atomic E-state index is 9.72. The molecule has 2 aromatic rings. The normalized spacial score (nSPS) is 21.9. The highest BCUT2D eigenvalue weighted by molar-refractivity contribution is 6.33. The molecular formula is C27H36ClN5O2. The lowest BCUT2D eigenvalue weighted by atomic mass is 9.81. The number of nitrogens with zero attached hydrogens (tertiary/aromatic N) is 3. The Balaban J connectivity index is 1.38. The first-order valence-corrected chi connectivity index (χ1v) is 13.0. The predicted octanol–water partition coefficient (Wildman–Crippen LogP) is 4.87. The summed E-state index contributed by atoms with van der Waals surface area (Å²) in [6.07, 6.45) is 12.6. The molecule has 35 heavy (non-hydrogen) atoms. The van der Waals surface area contributed by atoms with Gasteiger partial charge in [0.2, 0.25) is 0 Å². The Morgan fingerprint density at radius 3 is 2.71 bits per heavy atom. The van der Waals surface area contributed by atoms with Gasteiger partial charge < -0.3 is 20.1 Å². The van der Waals surface area contributed by atoms with Gasteiger partial charge in [-0.15, -0.1) is 0 Å². The first kappa shape index (κ1) is 25.8. The Hall–Kier alpha value is -2.24. The molecule has 2 N–H and O–H groups in total. The molecule has 0 spiro atoms. The minimum atomic E-state index is -0.395. The Kier molecular flexibility index (Phi) is 9.33. The minimum Gasteiger partial charge on any atom is -0.383 e. The molecule has 0 amide bonds. The van der Waals surface area contributed by atoms with Gasteiger partial charge in [-0.05, 0) is 63.0 Å². The molecule has 4 rings (SSSR count). The lowest BCUT2D eigenvalue weighted by Gasteiger charge is -2.31. The Morgan fingerprint density at radius 1 is 1.17 bits per heavy atom. The summed E-state index contributed by atoms with van der Waals surface area (Å²) < 4.78 is 10.6. The number of anilines is 1. The molecule has 0 atom stereocenters. The molecule has 0 bridgehead atoms. The molecule has 1 aliphatic carbocycles. The predicted molar refractivity (Wildman–Crippen MR) is 138 cm³/mol. The van der Waals surface area contributed by atoms with Crippen LogP contribution in [0.2, 0.25) is 5.02 Å². The van der Waals surface area contributed by atoms with Crippen LogP contribution in [0.1, 0.15) is 44.2 Å². The first-order chi connectivity index (χ1) is 17.1. The van der Waals surface area contributed by atoms with Crippen LogP contribution in [0.25, 0.3) is 11.1 Å². The van der Waals surface area contributed by atoms with Crippen molar-refractivity contribution < 1.29 is 9.47 Å². The van der Waals surface area contributed by atoms with E-state index >= 15 is 0 Å². The number of aromatic nitrogens is 2. The molecular weight excluding hydrogens is 462 g/mol. The van der Waals surface area contributed by atoms with Crippen molar-refractivity contribution in [2.75, 3.05) is 45.3 Å². The number of rotatable bonds is 10. The summed E-state index contributed by atoms with van der Waals surface area (Å²) in [4.78, 5) is 9.06. The fraction of sp³-hybridized carbons (Fsp3) is 0.593. The summed E-state index contributed by atoms with van der Waals surface area (Å²) in [5.74, 6) is 0.643. The summed E-state index contributed by atoms with van der Waals surface area (Å²) in [5.41, 5.74) is 3.46. The third-order valence-electron chi connectivity index (χ3n) is 7.36. The van der Waals surface area contributed by atoms with Gasteiger partial charge in [-0.2, -0.15) is 5.26 Å². The molecule has 188 valence electrons. The zero-order valence-corrected chi connectivity index (χ0v) is 21.3. The van der Waals surface area contributed by atoms with Crippen LogP contribution in [0.15, 0.2) is 30.7 Å². The quantitative estimate of drug-likeness (QED) is 0.452. The maximum atomic E-state index is 9.72. The second-order valence-electron chi connectivity index (χ2n) is 9.84. The van der Waals surface area contributed by atoms with E-state index in [1.165, 1.54) is 25.7 Å². The molecule has 7 nitrogen and oxygen atoms in total. The highest BCUT2D eigenvalue weighted by Crippen LogP contribution is 2.33. The summed E-state index contributed by atoms with van der Waals surface area (Å²) in [6, 6.07) is 7.27. The number of nitrogens with one attached hydrogen (secondary N) is 2. The molecule has 2 aliphatic rings. The largest absolute Gasteiger partial charge is 0.383 e. The number of ether oxygens (including phenoxy) is 2. The van der Waals surface area contributed by atoms with Gasteiger partial charge in [-0.1, -0.05) is 11.6 Å². The summed E-state index contributed by atoms with van der Waals surface area (Å²) in [6.45, 7) is 3.53. The number of hydrogen-bond donors (Lipinski definition) is 2. The van der Waals surface area contributed by atoms with Crippen LogP contribution in [0.3, 0.4) is 0 Å². The van der Waals surface area contributed by atoms with E-state index < -0.39 is 5.41 Å². The topological polar surface area (TPSA) is 92.1 Å². The SMILES string of the molecule is COCCNC1CCC(Cc2cc(-c3cncc(NCC4(C#N)CCOCC4)c3)c(Cl)cn2)CC1. The van der Waals surface area contributed by atoms with Gasteiger partial charge in [-0.3, -0.25) is 9.97 Å². The number of pyridine rings is 2. The van der Waals surface area contributed by atoms with Crippen LogP contribution in [0.5, 0.6) is 0 Å². The van der Waals surface area contributed by atoms with Gasteiger partial charge >= 0.3 is 0 Å². The highest BCUT2D eigenvalue weighted by Gasteiger charge is 2.32. The summed E-state index contributed by atoms with van der Waals surface area (Å²) >= 11 is 6.56. The first-order valence-electron chi connectivity index (χ1n) is 12.7. The zero-order chi connectivity index (χ0) is 24.5. The fourth-order valence-electron chi connectivity index (χ4n) is 5.09. The van der Waals surface area contributed by atoms with Gasteiger partial charge in [0.15, 0.2) is 0 Å². The molecule has 2 aromatic heterocycles. The van der Waals surface area contributed by atoms with Gasteiger partial charge in [0.25, 0.3) is 0 Å². The number of nitriles is 1. The van der Waals surface area contributed by atoms with Gasteiger partial charge in [-0.25, -0.2) is 0 Å². The molecule has 0 unspecified atom stereocenters. The molecule has 1 aliphatic heterocycles. The summed E-state index contributed by atoms with van der Waals surface area (Å²) in [7, 11) is 1.74. The number of hydrogen-bond acceptors (Lipinski definition) is 7. The van der Waals surface area contributed by atoms with Crippen molar-refractivity contribution in [2.24, 2.45) is 11.3 Å². The second-order valence-corrected chi connectivity index (χ2v) is 10.3. The monoisotopic (exact) mass is 497 g/mol. The molecule has 1 saturated heterocycles. The highest BCUT2D eigenvalue weighted by atomic mass is 35.5. The van der Waals surface area contributed by atoms with E-state index in [4.69, 9.17) is 21.1 Å². The second kappa shape index (κ2) is 12.6. The maximum Gasteiger partial charge on any atom is 0.0789 e. The van der Waals surface area contributed by atoms with E-state index in [0.717, 1.165) is 54.9 Å². The molecule has 0 aromatic carbocycles. The molecule has 0 radical (unpaired) electrons. The van der Waals surface area contributed by atoms with Gasteiger partial charge in [0, 0.05) is 74.9 Å². The van der Waals surface area contributed by atoms with Crippen molar-refractivity contribution in [3.8, 4) is 17.2 Å². The van der Waals surface area contributed by atoms with Crippen LogP contribution in [0.4, 0.5) is 5.69 Å². The Labute approximate surface area is 213 Å². The van der Waals surface area contributed by atoms with E-state index in [1.54, 1.807) is 19.5 Å². The molecule has 8 heteroatoms. The zero-order valence-electron chi connectivity index (χ0n) is 20.6. The number of halogens is 1. The van der Waals surface area contributed by atoms with Crippen molar-refractivity contribution in [1.29, 1.82) is 5.26 Å². The average molecular weight is 498 g/mol.